The number of hydrogen-bond donors (Lipinski definition) is 1. The minimum absolute atomic E-state index is 0.0412. The van der Waals surface area contributed by atoms with E-state index >= 15 is 0 Å². The summed E-state index contributed by atoms with van der Waals surface area (Å²) in [5, 5.41) is 3.63. The largest absolute Gasteiger partial charge is 0.486 e. The number of carbonyl (C=O) groups is 1. The molecule has 2 atom stereocenters. The monoisotopic (exact) mass is 356 g/mol. The van der Waals surface area contributed by atoms with Crippen LogP contribution in [0.1, 0.15) is 30.1 Å². The quantitative estimate of drug-likeness (QED) is 0.902. The van der Waals surface area contributed by atoms with Gasteiger partial charge in [-0.3, -0.25) is 4.79 Å². The molecule has 0 aliphatic carbocycles. The van der Waals surface area contributed by atoms with Crippen molar-refractivity contribution in [2.24, 2.45) is 7.05 Å². The van der Waals surface area contributed by atoms with Gasteiger partial charge in [0, 0.05) is 38.7 Å². The smallest absolute Gasteiger partial charge is 0.222 e. The number of amides is 1. The Hall–Kier alpha value is -2.54. The number of benzene rings is 1. The van der Waals surface area contributed by atoms with Crippen molar-refractivity contribution in [1.29, 1.82) is 0 Å². The van der Waals surface area contributed by atoms with Crippen molar-refractivity contribution < 1.29 is 14.3 Å². The molecule has 2 aromatic rings. The average molecular weight is 356 g/mol. The van der Waals surface area contributed by atoms with Gasteiger partial charge in [0.1, 0.15) is 13.2 Å². The summed E-state index contributed by atoms with van der Waals surface area (Å²) in [6.45, 7) is 1.82. The first-order chi connectivity index (χ1) is 12.6. The molecule has 1 amide bonds. The first-order valence-electron chi connectivity index (χ1n) is 8.98. The highest BCUT2D eigenvalue weighted by Crippen LogP contribution is 2.35. The fourth-order valence-corrected chi connectivity index (χ4v) is 3.82. The summed E-state index contributed by atoms with van der Waals surface area (Å²) in [5.41, 5.74) is 2.11. The number of likely N-dealkylation sites (tertiary alicyclic amines) is 1. The lowest BCUT2D eigenvalue weighted by Crippen LogP contribution is -2.49. The van der Waals surface area contributed by atoms with Gasteiger partial charge in [0.25, 0.3) is 0 Å². The van der Waals surface area contributed by atoms with Crippen LogP contribution < -0.4 is 14.8 Å². The molecule has 4 rings (SSSR count). The summed E-state index contributed by atoms with van der Waals surface area (Å²) >= 11 is 0. The highest BCUT2D eigenvalue weighted by molar-refractivity contribution is 5.77. The van der Waals surface area contributed by atoms with Crippen molar-refractivity contribution in [2.45, 2.75) is 31.5 Å². The van der Waals surface area contributed by atoms with Gasteiger partial charge in [-0.25, -0.2) is 4.98 Å². The maximum Gasteiger partial charge on any atom is 0.222 e. The molecular weight excluding hydrogens is 332 g/mol. The molecule has 1 aromatic carbocycles. The number of carbonyl (C=O) groups excluding carboxylic acids is 1. The molecule has 0 radical (unpaired) electrons. The zero-order chi connectivity index (χ0) is 18.1. The van der Waals surface area contributed by atoms with Gasteiger partial charge < -0.3 is 24.3 Å². The molecule has 7 heteroatoms. The second-order valence-electron chi connectivity index (χ2n) is 6.85. The van der Waals surface area contributed by atoms with E-state index in [9.17, 15) is 4.79 Å². The average Bonchev–Trinajstić information content (AvgIpc) is 3.08. The number of fused-ring (bicyclic) bond motifs is 1. The minimum atomic E-state index is -0.0412. The maximum absolute atomic E-state index is 12.3. The number of piperidine rings is 1. The highest BCUT2D eigenvalue weighted by atomic mass is 16.6. The van der Waals surface area contributed by atoms with E-state index < -0.39 is 0 Å². The third kappa shape index (κ3) is 3.03. The van der Waals surface area contributed by atoms with Crippen molar-refractivity contribution >= 4 is 5.91 Å². The van der Waals surface area contributed by atoms with E-state index in [2.05, 4.69) is 16.4 Å². The van der Waals surface area contributed by atoms with E-state index in [1.54, 1.807) is 6.33 Å². The van der Waals surface area contributed by atoms with E-state index in [-0.39, 0.29) is 18.0 Å². The second-order valence-corrected chi connectivity index (χ2v) is 6.85. The predicted octanol–water partition coefficient (Wildman–Crippen LogP) is 1.64. The molecule has 0 saturated carbocycles. The summed E-state index contributed by atoms with van der Waals surface area (Å²) in [6, 6.07) is 6.08. The van der Waals surface area contributed by atoms with Crippen LogP contribution in [0.4, 0.5) is 0 Å². The Kier molecular flexibility index (Phi) is 4.55. The molecule has 1 N–H and O–H groups in total. The predicted molar refractivity (Wildman–Crippen MR) is 96.0 cm³/mol. The van der Waals surface area contributed by atoms with E-state index in [4.69, 9.17) is 9.47 Å². The molecule has 138 valence electrons. The van der Waals surface area contributed by atoms with Crippen LogP contribution >= 0.6 is 0 Å². The topological polar surface area (TPSA) is 68.6 Å². The molecule has 1 aromatic heterocycles. The summed E-state index contributed by atoms with van der Waals surface area (Å²) in [7, 11) is 3.83. The summed E-state index contributed by atoms with van der Waals surface area (Å²) in [6.07, 6.45) is 4.97. The van der Waals surface area contributed by atoms with Crippen molar-refractivity contribution in [1.82, 2.24) is 19.8 Å². The van der Waals surface area contributed by atoms with Gasteiger partial charge in [-0.15, -0.1) is 0 Å². The zero-order valence-corrected chi connectivity index (χ0v) is 15.1. The first kappa shape index (κ1) is 16.9. The lowest BCUT2D eigenvalue weighted by molar-refractivity contribution is -0.136. The Balaban J connectivity index is 1.55. The van der Waals surface area contributed by atoms with Crippen molar-refractivity contribution in [3.05, 3.63) is 42.0 Å². The molecule has 26 heavy (non-hydrogen) atoms. The van der Waals surface area contributed by atoms with Crippen molar-refractivity contribution in [2.75, 3.05) is 20.3 Å². The number of rotatable bonds is 4. The Labute approximate surface area is 152 Å². The van der Waals surface area contributed by atoms with Crippen LogP contribution in [0.15, 0.2) is 30.7 Å². The van der Waals surface area contributed by atoms with E-state index in [0.29, 0.717) is 26.2 Å². The molecule has 1 fully saturated rings. The number of imidazole rings is 1. The molecule has 3 heterocycles. The highest BCUT2D eigenvalue weighted by Gasteiger charge is 2.36. The van der Waals surface area contributed by atoms with Crippen LogP contribution in [0.2, 0.25) is 0 Å². The van der Waals surface area contributed by atoms with Crippen molar-refractivity contribution in [3.63, 3.8) is 0 Å². The van der Waals surface area contributed by atoms with Crippen molar-refractivity contribution in [3.8, 4) is 11.5 Å². The Morgan fingerprint density at radius 2 is 2.12 bits per heavy atom. The van der Waals surface area contributed by atoms with Crippen LogP contribution in [0.5, 0.6) is 11.5 Å². The van der Waals surface area contributed by atoms with Gasteiger partial charge in [0.15, 0.2) is 11.5 Å². The van der Waals surface area contributed by atoms with Crippen LogP contribution in [-0.2, 0) is 18.4 Å². The molecule has 1 saturated heterocycles. The number of aryl methyl sites for hydroxylation is 1. The standard InChI is InChI=1S/C19H24N4O3/c1-22-12-20-11-15(22)18-14(6-7-17(24)23(18)2)21-10-13-4-3-5-16-19(13)26-9-8-25-16/h3-5,11-12,14,18,21H,6-10H2,1-2H3/t14-,18-/m1/s1. The Morgan fingerprint density at radius 1 is 1.27 bits per heavy atom. The zero-order valence-electron chi connectivity index (χ0n) is 15.1. The van der Waals surface area contributed by atoms with Crippen LogP contribution in [0, 0.1) is 0 Å². The minimum Gasteiger partial charge on any atom is -0.486 e. The molecule has 2 aliphatic heterocycles. The van der Waals surface area contributed by atoms with Gasteiger partial charge in [0.2, 0.25) is 5.91 Å². The molecule has 0 spiro atoms. The third-order valence-electron chi connectivity index (χ3n) is 5.22. The SMILES string of the molecule is CN1C(=O)CC[C@@H](NCc2cccc3c2OCCO3)[C@@H]1c1cncn1C. The first-order valence-corrected chi connectivity index (χ1v) is 8.98. The second kappa shape index (κ2) is 6.99. The Morgan fingerprint density at radius 3 is 2.92 bits per heavy atom. The summed E-state index contributed by atoms with van der Waals surface area (Å²) < 4.78 is 13.5. The normalized spacial score (nSPS) is 22.5. The van der Waals surface area contributed by atoms with Crippen LogP contribution in [0.25, 0.3) is 0 Å². The number of nitrogens with zero attached hydrogens (tertiary/aromatic N) is 3. The van der Waals surface area contributed by atoms with Gasteiger partial charge in [0.05, 0.1) is 24.3 Å². The summed E-state index contributed by atoms with van der Waals surface area (Å²) in [4.78, 5) is 18.3. The van der Waals surface area contributed by atoms with E-state index in [0.717, 1.165) is 29.2 Å². The molecule has 2 aliphatic rings. The number of nitrogens with one attached hydrogen (secondary N) is 1. The molecule has 0 bridgehead atoms. The number of hydrogen-bond acceptors (Lipinski definition) is 5. The number of aromatic nitrogens is 2. The lowest BCUT2D eigenvalue weighted by atomic mass is 9.93. The molecular formula is C19H24N4O3. The van der Waals surface area contributed by atoms with Gasteiger partial charge in [-0.1, -0.05) is 12.1 Å². The van der Waals surface area contributed by atoms with Gasteiger partial charge >= 0.3 is 0 Å². The maximum atomic E-state index is 12.3. The van der Waals surface area contributed by atoms with Gasteiger partial charge in [-0.05, 0) is 12.5 Å². The van der Waals surface area contributed by atoms with E-state index in [1.807, 2.05) is 41.9 Å². The molecule has 7 nitrogen and oxygen atoms in total. The lowest BCUT2D eigenvalue weighted by Gasteiger charge is -2.39. The fraction of sp³-hybridized carbons (Fsp3) is 0.474. The van der Waals surface area contributed by atoms with Gasteiger partial charge in [-0.2, -0.15) is 0 Å². The van der Waals surface area contributed by atoms with Crippen LogP contribution in [-0.4, -0.2) is 46.7 Å². The number of ether oxygens (including phenoxy) is 2. The molecule has 0 unspecified atom stereocenters. The number of para-hydroxylation sites is 1. The third-order valence-corrected chi connectivity index (χ3v) is 5.22. The van der Waals surface area contributed by atoms with Crippen LogP contribution in [0.3, 0.4) is 0 Å². The number of likely N-dealkylation sites (N-methyl/N-ethyl adjacent to an activating group) is 1. The Bertz CT molecular complexity index is 804. The fourth-order valence-electron chi connectivity index (χ4n) is 3.82. The summed E-state index contributed by atoms with van der Waals surface area (Å²) in [5.74, 6) is 1.79. The van der Waals surface area contributed by atoms with E-state index in [1.165, 1.54) is 0 Å².